The summed E-state index contributed by atoms with van der Waals surface area (Å²) in [6.45, 7) is 1.54. The van der Waals surface area contributed by atoms with Crippen LogP contribution in [0, 0.1) is 17.1 Å². The van der Waals surface area contributed by atoms with Crippen LogP contribution < -0.4 is 20.7 Å². The number of hydrogen-bond acceptors (Lipinski definition) is 8. The van der Waals surface area contributed by atoms with Crippen LogP contribution in [0.25, 0.3) is 0 Å². The molecule has 5 rings (SSSR count). The molecular formula is C36H36FN5O5. The zero-order chi connectivity index (χ0) is 33.0. The quantitative estimate of drug-likeness (QED) is 0.199. The number of hydrogen-bond donors (Lipinski definition) is 3. The number of morpholine rings is 1. The summed E-state index contributed by atoms with van der Waals surface area (Å²) in [5, 5.41) is 17.9. The zero-order valence-electron chi connectivity index (χ0n) is 25.9. The molecule has 3 N–H and O–H groups in total. The zero-order valence-corrected chi connectivity index (χ0v) is 25.9. The number of carbonyl (C=O) groups excluding carboxylic acids is 2. The summed E-state index contributed by atoms with van der Waals surface area (Å²) >= 11 is 0. The molecule has 3 aromatic carbocycles. The van der Waals surface area contributed by atoms with Gasteiger partial charge in [0.15, 0.2) is 0 Å². The Balaban J connectivity index is 1.29. The van der Waals surface area contributed by atoms with Gasteiger partial charge in [-0.25, -0.2) is 9.18 Å². The van der Waals surface area contributed by atoms with E-state index in [0.717, 1.165) is 17.3 Å². The molecule has 2 amide bonds. The average Bonchev–Trinajstić information content (AvgIpc) is 3.11. The molecule has 0 radical (unpaired) electrons. The van der Waals surface area contributed by atoms with Gasteiger partial charge in [-0.3, -0.25) is 9.78 Å². The minimum Gasteiger partial charge on any atom is -0.491 e. The highest BCUT2D eigenvalue weighted by Gasteiger charge is 2.33. The molecule has 0 saturated carbocycles. The maximum atomic E-state index is 14.5. The van der Waals surface area contributed by atoms with Crippen molar-refractivity contribution in [1.29, 1.82) is 5.26 Å². The lowest BCUT2D eigenvalue weighted by atomic mass is 9.84. The number of nitriles is 1. The van der Waals surface area contributed by atoms with Gasteiger partial charge in [-0.15, -0.1) is 0 Å². The van der Waals surface area contributed by atoms with Gasteiger partial charge in [-0.1, -0.05) is 60.7 Å². The topological polar surface area (TPSA) is 135 Å². The highest BCUT2D eigenvalue weighted by Crippen LogP contribution is 2.30. The fourth-order valence-corrected chi connectivity index (χ4v) is 5.52. The van der Waals surface area contributed by atoms with E-state index in [1.807, 2.05) is 60.7 Å². The second-order valence-electron chi connectivity index (χ2n) is 11.1. The lowest BCUT2D eigenvalue weighted by Crippen LogP contribution is -2.48. The minimum absolute atomic E-state index is 0.178. The Kier molecular flexibility index (Phi) is 11.5. The van der Waals surface area contributed by atoms with E-state index in [2.05, 4.69) is 27.0 Å². The van der Waals surface area contributed by atoms with Gasteiger partial charge in [0.25, 0.3) is 0 Å². The van der Waals surface area contributed by atoms with Gasteiger partial charge >= 0.3 is 6.09 Å². The Morgan fingerprint density at radius 1 is 1.02 bits per heavy atom. The SMILES string of the molecule is COC(=O)NC(C(=O)Nc1cc(F)cnc1CC[C@@H]1CNC[C@@H](COc2ccc(C#N)cc2)O1)C(c1ccccc1)c1ccccc1. The number of rotatable bonds is 12. The molecule has 1 fully saturated rings. The summed E-state index contributed by atoms with van der Waals surface area (Å²) < 4.78 is 31.5. The van der Waals surface area contributed by atoms with Crippen molar-refractivity contribution >= 4 is 17.7 Å². The van der Waals surface area contributed by atoms with E-state index in [-0.39, 0.29) is 17.9 Å². The van der Waals surface area contributed by atoms with Crippen molar-refractivity contribution in [2.45, 2.75) is 37.0 Å². The van der Waals surface area contributed by atoms with Gasteiger partial charge in [-0.2, -0.15) is 5.26 Å². The lowest BCUT2D eigenvalue weighted by Gasteiger charge is -2.31. The fraction of sp³-hybridized carbons (Fsp3) is 0.278. The molecule has 11 heteroatoms. The maximum Gasteiger partial charge on any atom is 0.407 e. The van der Waals surface area contributed by atoms with Crippen LogP contribution in [0.4, 0.5) is 14.9 Å². The normalized spacial score (nSPS) is 16.5. The molecule has 3 atom stereocenters. The Morgan fingerprint density at radius 2 is 1.68 bits per heavy atom. The Labute approximate surface area is 272 Å². The summed E-state index contributed by atoms with van der Waals surface area (Å²) in [4.78, 5) is 30.8. The van der Waals surface area contributed by atoms with Crippen LogP contribution in [-0.2, 0) is 20.7 Å². The number of alkyl carbamates (subject to hydrolysis) is 1. The van der Waals surface area contributed by atoms with E-state index in [1.165, 1.54) is 13.2 Å². The van der Waals surface area contributed by atoms with Crippen LogP contribution in [-0.4, -0.2) is 62.0 Å². The molecule has 0 spiro atoms. The molecule has 10 nitrogen and oxygen atoms in total. The van der Waals surface area contributed by atoms with Crippen LogP contribution in [0.5, 0.6) is 5.75 Å². The molecule has 1 unspecified atom stereocenters. The molecule has 0 aliphatic carbocycles. The van der Waals surface area contributed by atoms with Crippen molar-refractivity contribution in [2.24, 2.45) is 0 Å². The van der Waals surface area contributed by atoms with E-state index in [9.17, 15) is 14.0 Å². The molecule has 4 aromatic rings. The first-order valence-electron chi connectivity index (χ1n) is 15.3. The monoisotopic (exact) mass is 637 g/mol. The van der Waals surface area contributed by atoms with Crippen molar-refractivity contribution in [2.75, 3.05) is 32.1 Å². The summed E-state index contributed by atoms with van der Waals surface area (Å²) in [6.07, 6.45) is 0.883. The number of anilines is 1. The number of aromatic nitrogens is 1. The van der Waals surface area contributed by atoms with E-state index in [0.29, 0.717) is 49.5 Å². The Morgan fingerprint density at radius 3 is 2.32 bits per heavy atom. The minimum atomic E-state index is -1.11. The third-order valence-corrected chi connectivity index (χ3v) is 7.84. The number of pyridine rings is 1. The number of nitrogens with one attached hydrogen (secondary N) is 3. The number of aryl methyl sites for hydroxylation is 1. The van der Waals surface area contributed by atoms with Gasteiger partial charge < -0.3 is 30.2 Å². The van der Waals surface area contributed by atoms with Gasteiger partial charge in [0.1, 0.15) is 30.3 Å². The Bertz CT molecular complexity index is 1630. The number of carbonyl (C=O) groups is 2. The third-order valence-electron chi connectivity index (χ3n) is 7.84. The molecule has 1 aliphatic rings. The summed E-state index contributed by atoms with van der Waals surface area (Å²) in [5.41, 5.74) is 2.84. The van der Waals surface area contributed by atoms with Crippen molar-refractivity contribution in [3.8, 4) is 11.8 Å². The van der Waals surface area contributed by atoms with Gasteiger partial charge in [0, 0.05) is 25.1 Å². The van der Waals surface area contributed by atoms with Gasteiger partial charge in [0.05, 0.1) is 42.4 Å². The number of benzene rings is 3. The fourth-order valence-electron chi connectivity index (χ4n) is 5.52. The third kappa shape index (κ3) is 9.13. The van der Waals surface area contributed by atoms with Crippen molar-refractivity contribution in [3.05, 3.63) is 125 Å². The van der Waals surface area contributed by atoms with Crippen molar-refractivity contribution < 1.29 is 28.2 Å². The maximum absolute atomic E-state index is 14.5. The first kappa shape index (κ1) is 33.1. The van der Waals surface area contributed by atoms with Crippen LogP contribution in [0.1, 0.15) is 34.7 Å². The number of amides is 2. The summed E-state index contributed by atoms with van der Waals surface area (Å²) in [6, 6.07) is 27.8. The number of methoxy groups -OCH3 is 1. The standard InChI is InChI=1S/C36H36FN5O5/c1-45-36(44)42-34(33(25-8-4-2-5-9-25)26-10-6-3-7-11-26)35(43)41-32-18-27(37)20-40-31(32)17-16-29-21-39-22-30(47-29)23-46-28-14-12-24(19-38)13-15-28/h2-15,18,20,29-30,33-34,39H,16-17,21-23H2,1H3,(H,41,43)(H,42,44)/t29-,30+,34?/m1/s1. The van der Waals surface area contributed by atoms with Crippen LogP contribution in [0.15, 0.2) is 97.2 Å². The van der Waals surface area contributed by atoms with E-state index in [1.54, 1.807) is 24.3 Å². The van der Waals surface area contributed by atoms with Gasteiger partial charge in [-0.05, 0) is 48.2 Å². The predicted octanol–water partition coefficient (Wildman–Crippen LogP) is 4.96. The van der Waals surface area contributed by atoms with E-state index in [4.69, 9.17) is 19.5 Å². The van der Waals surface area contributed by atoms with Crippen LogP contribution in [0.2, 0.25) is 0 Å². The van der Waals surface area contributed by atoms with Crippen LogP contribution in [0.3, 0.4) is 0 Å². The molecule has 1 aromatic heterocycles. The number of halogens is 1. The van der Waals surface area contributed by atoms with Crippen LogP contribution >= 0.6 is 0 Å². The molecule has 0 bridgehead atoms. The van der Waals surface area contributed by atoms with Gasteiger partial charge in [0.2, 0.25) is 5.91 Å². The first-order valence-corrected chi connectivity index (χ1v) is 15.3. The summed E-state index contributed by atoms with van der Waals surface area (Å²) in [7, 11) is 1.23. The molecule has 47 heavy (non-hydrogen) atoms. The number of ether oxygens (including phenoxy) is 3. The first-order chi connectivity index (χ1) is 22.9. The second-order valence-corrected chi connectivity index (χ2v) is 11.1. The highest BCUT2D eigenvalue weighted by atomic mass is 19.1. The van der Waals surface area contributed by atoms with E-state index >= 15 is 0 Å². The number of nitrogens with zero attached hydrogens (tertiary/aromatic N) is 2. The smallest absolute Gasteiger partial charge is 0.407 e. The van der Waals surface area contributed by atoms with Crippen molar-refractivity contribution in [3.63, 3.8) is 0 Å². The largest absolute Gasteiger partial charge is 0.491 e. The average molecular weight is 638 g/mol. The second kappa shape index (κ2) is 16.3. The van der Waals surface area contributed by atoms with Crippen molar-refractivity contribution in [1.82, 2.24) is 15.6 Å². The van der Waals surface area contributed by atoms with E-state index < -0.39 is 29.8 Å². The molecule has 1 aliphatic heterocycles. The molecular weight excluding hydrogens is 601 g/mol. The molecule has 242 valence electrons. The summed E-state index contributed by atoms with van der Waals surface area (Å²) in [5.74, 6) is -1.10. The highest BCUT2D eigenvalue weighted by molar-refractivity contribution is 5.98. The predicted molar refractivity (Wildman–Crippen MR) is 173 cm³/mol. The lowest BCUT2D eigenvalue weighted by molar-refractivity contribution is -0.118. The molecule has 1 saturated heterocycles. The Hall–Kier alpha value is -5.31. The molecule has 2 heterocycles.